The first-order valence-corrected chi connectivity index (χ1v) is 4.15. The van der Waals surface area contributed by atoms with E-state index in [1.807, 2.05) is 12.1 Å². The predicted octanol–water partition coefficient (Wildman–Crippen LogP) is 1.72. The third-order valence-corrected chi connectivity index (χ3v) is 2.01. The van der Waals surface area contributed by atoms with Crippen LogP contribution in [-0.4, -0.2) is 22.2 Å². The molecular weight excluding hydrogens is 188 g/mol. The maximum Gasteiger partial charge on any atom is 0.175 e. The first kappa shape index (κ1) is 8.19. The maximum atomic E-state index is 5.84. The predicted molar refractivity (Wildman–Crippen MR) is 51.9 cm³/mol. The third-order valence-electron chi connectivity index (χ3n) is 1.73. The summed E-state index contributed by atoms with van der Waals surface area (Å²) in [5.41, 5.74) is 0.741. The lowest BCUT2D eigenvalue weighted by atomic mass is 10.3. The minimum atomic E-state index is 0.377. The van der Waals surface area contributed by atoms with Crippen LogP contribution in [0.25, 0.3) is 10.9 Å². The summed E-state index contributed by atoms with van der Waals surface area (Å²) in [4.78, 5) is 4.16. The number of aromatic nitrogens is 3. The Hall–Kier alpha value is -1.42. The summed E-state index contributed by atoms with van der Waals surface area (Å²) in [6, 6.07) is 3.68. The number of halogens is 1. The van der Waals surface area contributed by atoms with Crippen molar-refractivity contribution in [1.82, 2.24) is 15.2 Å². The van der Waals surface area contributed by atoms with E-state index in [4.69, 9.17) is 11.6 Å². The molecule has 2 heterocycles. The first-order valence-electron chi connectivity index (χ1n) is 3.77. The van der Waals surface area contributed by atoms with Gasteiger partial charge in [0.15, 0.2) is 11.0 Å². The average molecular weight is 195 g/mol. The molecule has 0 amide bonds. The number of hydrogen-bond acceptors (Lipinski definition) is 4. The second kappa shape index (κ2) is 3.14. The second-order valence-electron chi connectivity index (χ2n) is 2.49. The fourth-order valence-electron chi connectivity index (χ4n) is 1.12. The zero-order chi connectivity index (χ0) is 9.26. The standard InChI is InChI=1S/C8H7ClN4/c1-10-8-6-5(3-2-4-11-6)7(9)12-13-8/h2-4H,1H3,(H,10,13). The first-order chi connectivity index (χ1) is 6.33. The number of fused-ring (bicyclic) bond motifs is 1. The Labute approximate surface area is 80.0 Å². The molecule has 2 rings (SSSR count). The normalized spacial score (nSPS) is 10.3. The van der Waals surface area contributed by atoms with E-state index in [2.05, 4.69) is 20.5 Å². The van der Waals surface area contributed by atoms with Crippen LogP contribution < -0.4 is 5.32 Å². The molecule has 0 saturated carbocycles. The average Bonchev–Trinajstić information content (AvgIpc) is 2.19. The molecule has 0 fully saturated rings. The summed E-state index contributed by atoms with van der Waals surface area (Å²) in [7, 11) is 1.77. The number of rotatable bonds is 1. The van der Waals surface area contributed by atoms with Crippen molar-refractivity contribution in [1.29, 1.82) is 0 Å². The zero-order valence-corrected chi connectivity index (χ0v) is 7.71. The minimum absolute atomic E-state index is 0.377. The van der Waals surface area contributed by atoms with Gasteiger partial charge >= 0.3 is 0 Å². The summed E-state index contributed by atoms with van der Waals surface area (Å²) in [5.74, 6) is 0.639. The van der Waals surface area contributed by atoms with Gasteiger partial charge in [0.25, 0.3) is 0 Å². The molecule has 0 aliphatic rings. The molecule has 0 atom stereocenters. The molecule has 0 spiro atoms. The molecular formula is C8H7ClN4. The molecule has 0 aliphatic heterocycles. The van der Waals surface area contributed by atoms with Gasteiger partial charge in [0.05, 0.1) is 0 Å². The van der Waals surface area contributed by atoms with E-state index in [1.54, 1.807) is 13.2 Å². The molecule has 0 aliphatic carbocycles. The Bertz CT molecular complexity index is 443. The molecule has 66 valence electrons. The maximum absolute atomic E-state index is 5.84. The molecule has 2 aromatic rings. The van der Waals surface area contributed by atoms with Crippen LogP contribution in [0, 0.1) is 0 Å². The van der Waals surface area contributed by atoms with E-state index >= 15 is 0 Å². The smallest absolute Gasteiger partial charge is 0.175 e. The summed E-state index contributed by atoms with van der Waals surface area (Å²) in [5, 5.41) is 11.7. The second-order valence-corrected chi connectivity index (χ2v) is 2.85. The van der Waals surface area contributed by atoms with Gasteiger partial charge in [0, 0.05) is 18.6 Å². The molecule has 0 aromatic carbocycles. The molecule has 0 unspecified atom stereocenters. The van der Waals surface area contributed by atoms with E-state index in [0.717, 1.165) is 10.9 Å². The molecule has 0 saturated heterocycles. The molecule has 5 heteroatoms. The van der Waals surface area contributed by atoms with E-state index in [0.29, 0.717) is 11.0 Å². The van der Waals surface area contributed by atoms with Gasteiger partial charge < -0.3 is 5.32 Å². The highest BCUT2D eigenvalue weighted by atomic mass is 35.5. The summed E-state index contributed by atoms with van der Waals surface area (Å²) >= 11 is 5.84. The van der Waals surface area contributed by atoms with Crippen molar-refractivity contribution in [2.24, 2.45) is 0 Å². The van der Waals surface area contributed by atoms with E-state index in [9.17, 15) is 0 Å². The zero-order valence-electron chi connectivity index (χ0n) is 6.95. The van der Waals surface area contributed by atoms with Crippen molar-refractivity contribution >= 4 is 28.3 Å². The molecule has 1 N–H and O–H groups in total. The Morgan fingerprint density at radius 1 is 1.38 bits per heavy atom. The van der Waals surface area contributed by atoms with Crippen LogP contribution in [-0.2, 0) is 0 Å². The molecule has 0 bridgehead atoms. The highest BCUT2D eigenvalue weighted by molar-refractivity contribution is 6.34. The lowest BCUT2D eigenvalue weighted by Crippen LogP contribution is -1.97. The Balaban J connectivity index is 2.84. The van der Waals surface area contributed by atoms with Gasteiger partial charge in [-0.1, -0.05) is 11.6 Å². The number of nitrogens with one attached hydrogen (secondary N) is 1. The molecule has 2 aromatic heterocycles. The van der Waals surface area contributed by atoms with Crippen LogP contribution in [0.1, 0.15) is 0 Å². The van der Waals surface area contributed by atoms with E-state index in [1.165, 1.54) is 0 Å². The molecule has 13 heavy (non-hydrogen) atoms. The number of anilines is 1. The van der Waals surface area contributed by atoms with Crippen molar-refractivity contribution in [2.75, 3.05) is 12.4 Å². The Kier molecular flexibility index (Phi) is 1.98. The highest BCUT2D eigenvalue weighted by Gasteiger charge is 2.05. The van der Waals surface area contributed by atoms with Gasteiger partial charge in [-0.3, -0.25) is 4.98 Å². The summed E-state index contributed by atoms with van der Waals surface area (Å²) in [6.45, 7) is 0. The van der Waals surface area contributed by atoms with Crippen LogP contribution >= 0.6 is 11.6 Å². The number of hydrogen-bond donors (Lipinski definition) is 1. The fraction of sp³-hybridized carbons (Fsp3) is 0.125. The van der Waals surface area contributed by atoms with Crippen LogP contribution in [0.4, 0.5) is 5.82 Å². The van der Waals surface area contributed by atoms with Gasteiger partial charge in [-0.25, -0.2) is 0 Å². The Morgan fingerprint density at radius 3 is 3.00 bits per heavy atom. The fourth-order valence-corrected chi connectivity index (χ4v) is 1.31. The van der Waals surface area contributed by atoms with Crippen LogP contribution in [0.2, 0.25) is 5.15 Å². The van der Waals surface area contributed by atoms with Gasteiger partial charge in [-0.2, -0.15) is 0 Å². The lowest BCUT2D eigenvalue weighted by Gasteiger charge is -2.02. The van der Waals surface area contributed by atoms with Crippen molar-refractivity contribution in [3.8, 4) is 0 Å². The highest BCUT2D eigenvalue weighted by Crippen LogP contribution is 2.22. The van der Waals surface area contributed by atoms with Crippen molar-refractivity contribution in [3.05, 3.63) is 23.5 Å². The minimum Gasteiger partial charge on any atom is -0.370 e. The van der Waals surface area contributed by atoms with Crippen molar-refractivity contribution in [2.45, 2.75) is 0 Å². The van der Waals surface area contributed by atoms with E-state index in [-0.39, 0.29) is 0 Å². The Morgan fingerprint density at radius 2 is 2.23 bits per heavy atom. The van der Waals surface area contributed by atoms with Gasteiger partial charge in [0.1, 0.15) is 5.52 Å². The number of nitrogens with zero attached hydrogens (tertiary/aromatic N) is 3. The van der Waals surface area contributed by atoms with E-state index < -0.39 is 0 Å². The molecule has 4 nitrogen and oxygen atoms in total. The quantitative estimate of drug-likeness (QED) is 0.751. The molecule has 0 radical (unpaired) electrons. The SMILES string of the molecule is CNc1nnc(Cl)c2cccnc12. The van der Waals surface area contributed by atoms with Crippen LogP contribution in [0.3, 0.4) is 0 Å². The van der Waals surface area contributed by atoms with Crippen molar-refractivity contribution in [3.63, 3.8) is 0 Å². The lowest BCUT2D eigenvalue weighted by molar-refractivity contribution is 1.04. The monoisotopic (exact) mass is 194 g/mol. The third kappa shape index (κ3) is 1.29. The van der Waals surface area contributed by atoms with Gasteiger partial charge in [0.2, 0.25) is 0 Å². The summed E-state index contributed by atoms with van der Waals surface area (Å²) < 4.78 is 0. The van der Waals surface area contributed by atoms with Gasteiger partial charge in [-0.05, 0) is 12.1 Å². The number of pyridine rings is 1. The largest absolute Gasteiger partial charge is 0.370 e. The topological polar surface area (TPSA) is 50.7 Å². The van der Waals surface area contributed by atoms with Crippen molar-refractivity contribution < 1.29 is 0 Å². The summed E-state index contributed by atoms with van der Waals surface area (Å²) in [6.07, 6.45) is 1.70. The van der Waals surface area contributed by atoms with Gasteiger partial charge in [-0.15, -0.1) is 10.2 Å². The van der Waals surface area contributed by atoms with Crippen LogP contribution in [0.5, 0.6) is 0 Å². The van der Waals surface area contributed by atoms with Crippen LogP contribution in [0.15, 0.2) is 18.3 Å².